The lowest BCUT2D eigenvalue weighted by Crippen LogP contribution is -2.21. The van der Waals surface area contributed by atoms with Crippen LogP contribution in [0.5, 0.6) is 5.75 Å². The van der Waals surface area contributed by atoms with Crippen molar-refractivity contribution in [2.24, 2.45) is 5.92 Å². The SMILES string of the molecule is Cc1ccc(OC2CCOC2)c(CNCC(C)C)c1. The second kappa shape index (κ2) is 6.92. The second-order valence-corrected chi connectivity index (χ2v) is 5.74. The number of hydrogen-bond acceptors (Lipinski definition) is 3. The zero-order valence-corrected chi connectivity index (χ0v) is 12.2. The fourth-order valence-electron chi connectivity index (χ4n) is 2.24. The summed E-state index contributed by atoms with van der Waals surface area (Å²) < 4.78 is 11.4. The minimum absolute atomic E-state index is 0.214. The van der Waals surface area contributed by atoms with Crippen molar-refractivity contribution in [2.45, 2.75) is 39.8 Å². The van der Waals surface area contributed by atoms with E-state index in [0.717, 1.165) is 31.9 Å². The molecule has 0 radical (unpaired) electrons. The Labute approximate surface area is 116 Å². The number of aryl methyl sites for hydroxylation is 1. The van der Waals surface area contributed by atoms with Crippen LogP contribution in [0.15, 0.2) is 18.2 Å². The lowest BCUT2D eigenvalue weighted by Gasteiger charge is -2.17. The van der Waals surface area contributed by atoms with Gasteiger partial charge in [0.05, 0.1) is 13.2 Å². The predicted octanol–water partition coefficient (Wildman–Crippen LogP) is 2.91. The minimum atomic E-state index is 0.214. The van der Waals surface area contributed by atoms with Gasteiger partial charge in [-0.1, -0.05) is 31.5 Å². The molecule has 0 bridgehead atoms. The molecular weight excluding hydrogens is 238 g/mol. The van der Waals surface area contributed by atoms with Crippen LogP contribution in [0, 0.1) is 12.8 Å². The highest BCUT2D eigenvalue weighted by atomic mass is 16.5. The van der Waals surface area contributed by atoms with E-state index >= 15 is 0 Å². The first-order chi connectivity index (χ1) is 9.15. The molecule has 0 amide bonds. The third kappa shape index (κ3) is 4.51. The largest absolute Gasteiger partial charge is 0.488 e. The van der Waals surface area contributed by atoms with E-state index in [1.165, 1.54) is 11.1 Å². The van der Waals surface area contributed by atoms with Gasteiger partial charge in [0, 0.05) is 18.5 Å². The Hall–Kier alpha value is -1.06. The molecule has 1 aromatic rings. The first-order valence-electron chi connectivity index (χ1n) is 7.20. The van der Waals surface area contributed by atoms with E-state index in [9.17, 15) is 0 Å². The molecule has 19 heavy (non-hydrogen) atoms. The fraction of sp³-hybridized carbons (Fsp3) is 0.625. The van der Waals surface area contributed by atoms with Crippen molar-refractivity contribution in [3.63, 3.8) is 0 Å². The predicted molar refractivity (Wildman–Crippen MR) is 77.6 cm³/mol. The maximum absolute atomic E-state index is 6.05. The molecular formula is C16H25NO2. The molecule has 1 aliphatic rings. The molecule has 0 spiro atoms. The van der Waals surface area contributed by atoms with Crippen LogP contribution >= 0.6 is 0 Å². The van der Waals surface area contributed by atoms with Crippen LogP contribution in [0.3, 0.4) is 0 Å². The summed E-state index contributed by atoms with van der Waals surface area (Å²) in [6.45, 7) is 9.98. The average Bonchev–Trinajstić information content (AvgIpc) is 2.85. The molecule has 0 aliphatic carbocycles. The van der Waals surface area contributed by atoms with Gasteiger partial charge < -0.3 is 14.8 Å². The quantitative estimate of drug-likeness (QED) is 0.856. The second-order valence-electron chi connectivity index (χ2n) is 5.74. The van der Waals surface area contributed by atoms with E-state index in [4.69, 9.17) is 9.47 Å². The molecule has 1 saturated heterocycles. The Balaban J connectivity index is 1.99. The highest BCUT2D eigenvalue weighted by Crippen LogP contribution is 2.23. The van der Waals surface area contributed by atoms with E-state index in [2.05, 4.69) is 44.3 Å². The van der Waals surface area contributed by atoms with Crippen molar-refractivity contribution < 1.29 is 9.47 Å². The first-order valence-corrected chi connectivity index (χ1v) is 7.20. The maximum Gasteiger partial charge on any atom is 0.124 e. The summed E-state index contributed by atoms with van der Waals surface area (Å²) in [5.41, 5.74) is 2.52. The minimum Gasteiger partial charge on any atom is -0.488 e. The van der Waals surface area contributed by atoms with Crippen LogP contribution in [0.2, 0.25) is 0 Å². The molecule has 1 fully saturated rings. The van der Waals surface area contributed by atoms with Gasteiger partial charge in [-0.2, -0.15) is 0 Å². The summed E-state index contributed by atoms with van der Waals surface area (Å²) >= 11 is 0. The number of hydrogen-bond donors (Lipinski definition) is 1. The molecule has 3 heteroatoms. The Morgan fingerprint density at radius 2 is 2.26 bits per heavy atom. The van der Waals surface area contributed by atoms with Crippen molar-refractivity contribution >= 4 is 0 Å². The van der Waals surface area contributed by atoms with Crippen LogP contribution in [-0.4, -0.2) is 25.9 Å². The summed E-state index contributed by atoms with van der Waals surface area (Å²) in [6.07, 6.45) is 1.21. The van der Waals surface area contributed by atoms with Gasteiger partial charge in [0.25, 0.3) is 0 Å². The van der Waals surface area contributed by atoms with Crippen molar-refractivity contribution in [3.05, 3.63) is 29.3 Å². The lowest BCUT2D eigenvalue weighted by atomic mass is 10.1. The Morgan fingerprint density at radius 3 is 2.95 bits per heavy atom. The van der Waals surface area contributed by atoms with Crippen LogP contribution in [-0.2, 0) is 11.3 Å². The smallest absolute Gasteiger partial charge is 0.124 e. The van der Waals surface area contributed by atoms with E-state index in [0.29, 0.717) is 12.5 Å². The molecule has 1 aliphatic heterocycles. The lowest BCUT2D eigenvalue weighted by molar-refractivity contribution is 0.140. The third-order valence-corrected chi connectivity index (χ3v) is 3.27. The van der Waals surface area contributed by atoms with Crippen LogP contribution in [0.25, 0.3) is 0 Å². The molecule has 1 heterocycles. The van der Waals surface area contributed by atoms with E-state index < -0.39 is 0 Å². The molecule has 1 aromatic carbocycles. The Kier molecular flexibility index (Phi) is 5.23. The molecule has 106 valence electrons. The zero-order chi connectivity index (χ0) is 13.7. The monoisotopic (exact) mass is 263 g/mol. The summed E-state index contributed by atoms with van der Waals surface area (Å²) in [5.74, 6) is 1.66. The van der Waals surface area contributed by atoms with Crippen LogP contribution in [0.1, 0.15) is 31.4 Å². The molecule has 1 N–H and O–H groups in total. The highest BCUT2D eigenvalue weighted by molar-refractivity contribution is 5.37. The highest BCUT2D eigenvalue weighted by Gasteiger charge is 2.18. The van der Waals surface area contributed by atoms with E-state index in [1.807, 2.05) is 0 Å². The summed E-state index contributed by atoms with van der Waals surface area (Å²) in [4.78, 5) is 0. The number of rotatable bonds is 6. The summed E-state index contributed by atoms with van der Waals surface area (Å²) in [6, 6.07) is 6.40. The number of nitrogens with one attached hydrogen (secondary N) is 1. The standard InChI is InChI=1S/C16H25NO2/c1-12(2)9-17-10-14-8-13(3)4-5-16(14)19-15-6-7-18-11-15/h4-5,8,12,15,17H,6-7,9-11H2,1-3H3. The summed E-state index contributed by atoms with van der Waals surface area (Å²) in [5, 5.41) is 3.48. The molecule has 0 saturated carbocycles. The van der Waals surface area contributed by atoms with Crippen LogP contribution in [0.4, 0.5) is 0 Å². The Bertz CT molecular complexity index is 398. The number of benzene rings is 1. The van der Waals surface area contributed by atoms with Gasteiger partial charge in [-0.3, -0.25) is 0 Å². The first kappa shape index (κ1) is 14.4. The molecule has 2 rings (SSSR count). The third-order valence-electron chi connectivity index (χ3n) is 3.27. The van der Waals surface area contributed by atoms with Gasteiger partial charge in [0.2, 0.25) is 0 Å². The zero-order valence-electron chi connectivity index (χ0n) is 12.2. The van der Waals surface area contributed by atoms with Gasteiger partial charge in [0.1, 0.15) is 11.9 Å². The van der Waals surface area contributed by atoms with Crippen molar-refractivity contribution in [3.8, 4) is 5.75 Å². The molecule has 0 aromatic heterocycles. The van der Waals surface area contributed by atoms with Crippen molar-refractivity contribution in [2.75, 3.05) is 19.8 Å². The molecule has 3 nitrogen and oxygen atoms in total. The van der Waals surface area contributed by atoms with Gasteiger partial charge in [-0.25, -0.2) is 0 Å². The van der Waals surface area contributed by atoms with Gasteiger partial charge in [0.15, 0.2) is 0 Å². The average molecular weight is 263 g/mol. The molecule has 1 atom stereocenters. The van der Waals surface area contributed by atoms with E-state index in [1.54, 1.807) is 0 Å². The number of ether oxygens (including phenoxy) is 2. The van der Waals surface area contributed by atoms with Gasteiger partial charge in [-0.05, 0) is 25.5 Å². The van der Waals surface area contributed by atoms with Crippen molar-refractivity contribution in [1.82, 2.24) is 5.32 Å². The van der Waals surface area contributed by atoms with Gasteiger partial charge >= 0.3 is 0 Å². The summed E-state index contributed by atoms with van der Waals surface area (Å²) in [7, 11) is 0. The van der Waals surface area contributed by atoms with Crippen LogP contribution < -0.4 is 10.1 Å². The maximum atomic E-state index is 6.05. The Morgan fingerprint density at radius 1 is 1.42 bits per heavy atom. The molecule has 1 unspecified atom stereocenters. The topological polar surface area (TPSA) is 30.5 Å². The fourth-order valence-corrected chi connectivity index (χ4v) is 2.24. The van der Waals surface area contributed by atoms with Crippen molar-refractivity contribution in [1.29, 1.82) is 0 Å². The van der Waals surface area contributed by atoms with E-state index in [-0.39, 0.29) is 6.10 Å². The van der Waals surface area contributed by atoms with Gasteiger partial charge in [-0.15, -0.1) is 0 Å². The normalized spacial score (nSPS) is 19.1.